The van der Waals surface area contributed by atoms with Crippen molar-refractivity contribution >= 4 is 23.3 Å². The highest BCUT2D eigenvalue weighted by atomic mass is 16.5. The first kappa shape index (κ1) is 15.8. The smallest absolute Gasteiger partial charge is 0.337 e. The zero-order valence-corrected chi connectivity index (χ0v) is 12.5. The van der Waals surface area contributed by atoms with Gasteiger partial charge in [0.1, 0.15) is 11.5 Å². The van der Waals surface area contributed by atoms with Crippen LogP contribution >= 0.6 is 0 Å². The van der Waals surface area contributed by atoms with Crippen molar-refractivity contribution in [2.45, 2.75) is 26.2 Å². The molecule has 2 aromatic heterocycles. The molecule has 0 unspecified atom stereocenters. The maximum atomic E-state index is 11.2. The highest BCUT2D eigenvalue weighted by Crippen LogP contribution is 2.30. The number of nitrogens with zero attached hydrogens (tertiary/aromatic N) is 2. The van der Waals surface area contributed by atoms with Crippen molar-refractivity contribution in [1.29, 1.82) is 0 Å². The average Bonchev–Trinajstić information content (AvgIpc) is 2.82. The molecule has 2 rings (SSSR count). The molecule has 0 saturated carbocycles. The molecule has 0 atom stereocenters. The summed E-state index contributed by atoms with van der Waals surface area (Å²) in [6, 6.07) is 3.08. The molecule has 8 nitrogen and oxygen atoms in total. The zero-order chi connectivity index (χ0) is 16.5. The van der Waals surface area contributed by atoms with Gasteiger partial charge in [0.15, 0.2) is 0 Å². The third-order valence-electron chi connectivity index (χ3n) is 3.12. The van der Waals surface area contributed by atoms with Gasteiger partial charge in [-0.1, -0.05) is 20.8 Å². The van der Waals surface area contributed by atoms with Crippen molar-refractivity contribution in [3.05, 3.63) is 29.6 Å². The molecule has 0 bridgehead atoms. The van der Waals surface area contributed by atoms with E-state index in [1.165, 1.54) is 17.7 Å². The highest BCUT2D eigenvalue weighted by molar-refractivity contribution is 5.88. The van der Waals surface area contributed by atoms with E-state index >= 15 is 0 Å². The largest absolute Gasteiger partial charge is 0.478 e. The molecule has 0 aliphatic carbocycles. The lowest BCUT2D eigenvalue weighted by atomic mass is 9.92. The van der Waals surface area contributed by atoms with Gasteiger partial charge in [-0.15, -0.1) is 0 Å². The molecule has 8 heteroatoms. The second-order valence-corrected chi connectivity index (χ2v) is 5.90. The Morgan fingerprint density at radius 1 is 1.32 bits per heavy atom. The molecule has 4 N–H and O–H groups in total. The van der Waals surface area contributed by atoms with E-state index in [1.807, 2.05) is 20.8 Å². The summed E-state index contributed by atoms with van der Waals surface area (Å²) in [5, 5.41) is 20.6. The number of carboxylic acid groups (broad SMARTS) is 1. The normalized spacial score (nSPS) is 11.5. The van der Waals surface area contributed by atoms with Crippen LogP contribution < -0.4 is 10.8 Å². The molecular formula is C14H18N4O4. The molecule has 0 spiro atoms. The number of imidazole rings is 1. The summed E-state index contributed by atoms with van der Waals surface area (Å²) < 4.78 is 1.59. The molecule has 0 aromatic carbocycles. The van der Waals surface area contributed by atoms with Crippen molar-refractivity contribution in [3.63, 3.8) is 0 Å². The van der Waals surface area contributed by atoms with Crippen molar-refractivity contribution < 1.29 is 19.9 Å². The van der Waals surface area contributed by atoms with Gasteiger partial charge >= 0.3 is 5.97 Å². The number of pyridine rings is 1. The topological polar surface area (TPSA) is 116 Å². The quantitative estimate of drug-likeness (QED) is 0.499. The Morgan fingerprint density at radius 3 is 2.55 bits per heavy atom. The average molecular weight is 306 g/mol. The molecular weight excluding hydrogens is 288 g/mol. The van der Waals surface area contributed by atoms with Crippen LogP contribution in [0.2, 0.25) is 0 Å². The lowest BCUT2D eigenvalue weighted by molar-refractivity contribution is -0.127. The number of anilines is 1. The third kappa shape index (κ3) is 3.01. The van der Waals surface area contributed by atoms with Crippen molar-refractivity contribution in [3.8, 4) is 0 Å². The maximum Gasteiger partial charge on any atom is 0.337 e. The number of fused-ring (bicyclic) bond motifs is 1. The number of hydrogen-bond acceptors (Lipinski definition) is 5. The maximum absolute atomic E-state index is 11.2. The Balaban J connectivity index is 2.57. The van der Waals surface area contributed by atoms with Gasteiger partial charge in [-0.3, -0.25) is 14.4 Å². The van der Waals surface area contributed by atoms with E-state index in [4.69, 9.17) is 10.3 Å². The predicted molar refractivity (Wildman–Crippen MR) is 79.3 cm³/mol. The molecule has 1 amide bonds. The number of aromatic carboxylic acids is 1. The number of nitrogens with one attached hydrogen (secondary N) is 2. The van der Waals surface area contributed by atoms with Crippen LogP contribution in [0.1, 0.15) is 36.8 Å². The number of hydrogen-bond donors (Lipinski definition) is 4. The second kappa shape index (κ2) is 5.64. The van der Waals surface area contributed by atoms with Crippen LogP contribution in [0.15, 0.2) is 18.3 Å². The molecule has 2 heterocycles. The number of carboxylic acids is 1. The van der Waals surface area contributed by atoms with E-state index in [2.05, 4.69) is 10.3 Å². The van der Waals surface area contributed by atoms with Crippen molar-refractivity contribution in [2.24, 2.45) is 0 Å². The second-order valence-electron chi connectivity index (χ2n) is 5.90. The minimum atomic E-state index is -1.05. The molecule has 0 aliphatic rings. The molecule has 0 radical (unpaired) electrons. The Bertz CT molecular complexity index is 730. The number of rotatable bonds is 4. The summed E-state index contributed by atoms with van der Waals surface area (Å²) in [5.74, 6) is -1.13. The van der Waals surface area contributed by atoms with Gasteiger partial charge < -0.3 is 10.4 Å². The van der Waals surface area contributed by atoms with Gasteiger partial charge in [0.2, 0.25) is 0 Å². The molecule has 0 saturated heterocycles. The lowest BCUT2D eigenvalue weighted by Crippen LogP contribution is -2.28. The summed E-state index contributed by atoms with van der Waals surface area (Å²) in [6.07, 6.45) is 1.44. The first-order valence-electron chi connectivity index (χ1n) is 6.66. The Labute approximate surface area is 126 Å². The van der Waals surface area contributed by atoms with Crippen molar-refractivity contribution in [2.75, 3.05) is 11.9 Å². The Morgan fingerprint density at radius 2 is 2.00 bits per heavy atom. The number of carbonyl (C=O) groups excluding carboxylic acids is 1. The van der Waals surface area contributed by atoms with Crippen molar-refractivity contribution in [1.82, 2.24) is 14.9 Å². The molecule has 22 heavy (non-hydrogen) atoms. The van der Waals surface area contributed by atoms with Gasteiger partial charge in [-0.2, -0.15) is 0 Å². The first-order chi connectivity index (χ1) is 10.2. The van der Waals surface area contributed by atoms with Crippen LogP contribution in [0.4, 0.5) is 5.82 Å². The summed E-state index contributed by atoms with van der Waals surface area (Å²) in [4.78, 5) is 26.9. The van der Waals surface area contributed by atoms with E-state index in [-0.39, 0.29) is 17.5 Å². The van der Waals surface area contributed by atoms with Gasteiger partial charge in [0.25, 0.3) is 5.91 Å². The Kier molecular flexibility index (Phi) is 4.05. The van der Waals surface area contributed by atoms with Gasteiger partial charge in [-0.05, 0) is 12.1 Å². The lowest BCUT2D eigenvalue weighted by Gasteiger charge is -2.18. The predicted octanol–water partition coefficient (Wildman–Crippen LogP) is 1.25. The van der Waals surface area contributed by atoms with E-state index < -0.39 is 11.9 Å². The van der Waals surface area contributed by atoms with Gasteiger partial charge in [0, 0.05) is 11.6 Å². The zero-order valence-electron chi connectivity index (χ0n) is 12.5. The minimum Gasteiger partial charge on any atom is -0.478 e. The fraction of sp³-hybridized carbons (Fsp3) is 0.357. The van der Waals surface area contributed by atoms with E-state index in [1.54, 1.807) is 10.5 Å². The van der Waals surface area contributed by atoms with E-state index in [0.717, 1.165) is 0 Å². The van der Waals surface area contributed by atoms with E-state index in [0.29, 0.717) is 17.2 Å². The summed E-state index contributed by atoms with van der Waals surface area (Å²) in [5.41, 5.74) is 2.60. The van der Waals surface area contributed by atoms with Gasteiger partial charge in [0.05, 0.1) is 17.8 Å². The number of carbonyl (C=O) groups is 2. The van der Waals surface area contributed by atoms with Crippen LogP contribution in [-0.2, 0) is 10.2 Å². The SMILES string of the molecule is CC(C)(C)c1nc2ccc(C(=O)O)cn2c1NCC(=O)NO. The first-order valence-corrected chi connectivity index (χ1v) is 6.66. The standard InChI is InChI=1S/C14H18N4O4/c1-14(2,3)11-12(15-6-10(19)17-22)18-7-8(13(20)21)4-5-9(18)16-11/h4-5,7,15,22H,6H2,1-3H3,(H,17,19)(H,20,21). The summed E-state index contributed by atoms with van der Waals surface area (Å²) in [6.45, 7) is 5.73. The number of aromatic nitrogens is 2. The van der Waals surface area contributed by atoms with Crippen LogP contribution in [0.25, 0.3) is 5.65 Å². The third-order valence-corrected chi connectivity index (χ3v) is 3.12. The summed E-state index contributed by atoms with van der Waals surface area (Å²) >= 11 is 0. The molecule has 0 aliphatic heterocycles. The molecule has 2 aromatic rings. The highest BCUT2D eigenvalue weighted by Gasteiger charge is 2.24. The minimum absolute atomic E-state index is 0.111. The number of amides is 1. The van der Waals surface area contributed by atoms with Crippen LogP contribution in [0.3, 0.4) is 0 Å². The number of hydroxylamine groups is 1. The van der Waals surface area contributed by atoms with Gasteiger partial charge in [-0.25, -0.2) is 15.3 Å². The monoisotopic (exact) mass is 306 g/mol. The summed E-state index contributed by atoms with van der Waals surface area (Å²) in [7, 11) is 0. The fourth-order valence-electron chi connectivity index (χ4n) is 2.07. The molecule has 118 valence electrons. The fourth-order valence-corrected chi connectivity index (χ4v) is 2.07. The van der Waals surface area contributed by atoms with Crippen LogP contribution in [-0.4, -0.2) is 38.1 Å². The Hall–Kier alpha value is -2.61. The van der Waals surface area contributed by atoms with E-state index in [9.17, 15) is 9.59 Å². The molecule has 0 fully saturated rings. The van der Waals surface area contributed by atoms with Crippen LogP contribution in [0, 0.1) is 0 Å². The van der Waals surface area contributed by atoms with Crippen LogP contribution in [0.5, 0.6) is 0 Å².